The Hall–Kier alpha value is -2.44. The van der Waals surface area contributed by atoms with E-state index in [1.165, 1.54) is 11.1 Å². The molecule has 0 heteroatoms. The first-order valence-corrected chi connectivity index (χ1v) is 6.35. The van der Waals surface area contributed by atoms with Crippen LogP contribution >= 0.6 is 0 Å². The van der Waals surface area contributed by atoms with Crippen molar-refractivity contribution < 1.29 is 0 Å². The molecule has 0 bridgehead atoms. The van der Waals surface area contributed by atoms with Gasteiger partial charge in [0.25, 0.3) is 0 Å². The molecule has 0 fully saturated rings. The van der Waals surface area contributed by atoms with Gasteiger partial charge in [-0.05, 0) is 38.1 Å². The van der Waals surface area contributed by atoms with Gasteiger partial charge >= 0.3 is 0 Å². The largest absolute Gasteiger partial charge is 0.0848 e. The van der Waals surface area contributed by atoms with Gasteiger partial charge in [0.05, 0.1) is 6.42 Å². The van der Waals surface area contributed by atoms with Crippen molar-refractivity contribution in [1.29, 1.82) is 0 Å². The van der Waals surface area contributed by atoms with Gasteiger partial charge in [-0.2, -0.15) is 0 Å². The molecule has 0 aliphatic rings. The smallest absolute Gasteiger partial charge is 0.0710 e. The molecule has 19 heavy (non-hydrogen) atoms. The first-order chi connectivity index (χ1) is 9.24. The molecule has 0 N–H and O–H groups in total. The number of benzene rings is 2. The highest BCUT2D eigenvalue weighted by Crippen LogP contribution is 2.02. The van der Waals surface area contributed by atoms with E-state index in [9.17, 15) is 0 Å². The average Bonchev–Trinajstić information content (AvgIpc) is 2.43. The number of hydrogen-bond donors (Lipinski definition) is 0. The van der Waals surface area contributed by atoms with Gasteiger partial charge in [0.15, 0.2) is 0 Å². The quantitative estimate of drug-likeness (QED) is 0.612. The van der Waals surface area contributed by atoms with Gasteiger partial charge in [0.1, 0.15) is 0 Å². The van der Waals surface area contributed by atoms with Gasteiger partial charge in [0.2, 0.25) is 0 Å². The minimum Gasteiger partial charge on any atom is -0.0848 e. The number of hydrogen-bond acceptors (Lipinski definition) is 0. The Labute approximate surface area is 115 Å². The third-order valence-electron chi connectivity index (χ3n) is 2.75. The summed E-state index contributed by atoms with van der Waals surface area (Å²) in [5, 5.41) is 0. The number of rotatable bonds is 0. The molecular formula is C19H16. The lowest BCUT2D eigenvalue weighted by molar-refractivity contribution is 1.45. The zero-order valence-electron chi connectivity index (χ0n) is 11.3. The summed E-state index contributed by atoms with van der Waals surface area (Å²) in [6.07, 6.45) is 0.599. The fraction of sp³-hybridized carbons (Fsp3) is 0.158. The summed E-state index contributed by atoms with van der Waals surface area (Å²) in [5.74, 6) is 12.4. The van der Waals surface area contributed by atoms with Crippen LogP contribution < -0.4 is 0 Å². The molecule has 2 aromatic rings. The van der Waals surface area contributed by atoms with E-state index in [2.05, 4.69) is 61.8 Å². The second-order valence-electron chi connectivity index (χ2n) is 4.51. The zero-order chi connectivity index (χ0) is 13.5. The fourth-order valence-electron chi connectivity index (χ4n) is 1.61. The second-order valence-corrected chi connectivity index (χ2v) is 4.51. The highest BCUT2D eigenvalue weighted by molar-refractivity contribution is 5.39. The van der Waals surface area contributed by atoms with Crippen molar-refractivity contribution in [3.8, 4) is 23.7 Å². The molecule has 0 aromatic heterocycles. The molecule has 2 rings (SSSR count). The van der Waals surface area contributed by atoms with Crippen molar-refractivity contribution in [1.82, 2.24) is 0 Å². The minimum absolute atomic E-state index is 0.599. The molecule has 0 nitrogen and oxygen atoms in total. The summed E-state index contributed by atoms with van der Waals surface area (Å²) in [7, 11) is 0. The summed E-state index contributed by atoms with van der Waals surface area (Å²) in [6.45, 7) is 4.15. The molecule has 0 amide bonds. The Balaban J connectivity index is 1.94. The maximum Gasteiger partial charge on any atom is 0.0710 e. The van der Waals surface area contributed by atoms with Crippen molar-refractivity contribution in [2.45, 2.75) is 20.3 Å². The van der Waals surface area contributed by atoms with Crippen LogP contribution in [-0.2, 0) is 0 Å². The van der Waals surface area contributed by atoms with Gasteiger partial charge in [-0.25, -0.2) is 0 Å². The maximum absolute atomic E-state index is 3.11. The molecule has 0 aliphatic heterocycles. The van der Waals surface area contributed by atoms with E-state index in [1.54, 1.807) is 0 Å². The first kappa shape index (κ1) is 13.0. The molecule has 2 aromatic carbocycles. The monoisotopic (exact) mass is 244 g/mol. The van der Waals surface area contributed by atoms with Crippen LogP contribution in [0.2, 0.25) is 0 Å². The third kappa shape index (κ3) is 4.38. The van der Waals surface area contributed by atoms with Crippen molar-refractivity contribution in [2.24, 2.45) is 0 Å². The van der Waals surface area contributed by atoms with Crippen molar-refractivity contribution in [3.63, 3.8) is 0 Å². The third-order valence-corrected chi connectivity index (χ3v) is 2.75. The Bertz CT molecular complexity index is 589. The molecule has 0 unspecified atom stereocenters. The predicted octanol–water partition coefficient (Wildman–Crippen LogP) is 4.10. The molecule has 0 aliphatic carbocycles. The van der Waals surface area contributed by atoms with Crippen LogP contribution in [0, 0.1) is 37.5 Å². The van der Waals surface area contributed by atoms with Crippen molar-refractivity contribution >= 4 is 0 Å². The zero-order valence-corrected chi connectivity index (χ0v) is 11.3. The maximum atomic E-state index is 3.11. The molecule has 92 valence electrons. The highest BCUT2D eigenvalue weighted by atomic mass is 13.9. The van der Waals surface area contributed by atoms with Crippen LogP contribution in [-0.4, -0.2) is 0 Å². The summed E-state index contributed by atoms with van der Waals surface area (Å²) < 4.78 is 0. The lowest BCUT2D eigenvalue weighted by Gasteiger charge is -1.91. The topological polar surface area (TPSA) is 0 Å². The molecule has 0 heterocycles. The van der Waals surface area contributed by atoms with Gasteiger partial charge in [-0.3, -0.25) is 0 Å². The van der Waals surface area contributed by atoms with Crippen LogP contribution in [0.4, 0.5) is 0 Å². The van der Waals surface area contributed by atoms with E-state index in [-0.39, 0.29) is 0 Å². The molecule has 0 saturated carbocycles. The van der Waals surface area contributed by atoms with Gasteiger partial charge in [0, 0.05) is 11.1 Å². The van der Waals surface area contributed by atoms with E-state index in [0.717, 1.165) is 11.1 Å². The number of aryl methyl sites for hydroxylation is 2. The van der Waals surface area contributed by atoms with E-state index >= 15 is 0 Å². The molecular weight excluding hydrogens is 228 g/mol. The normalized spacial score (nSPS) is 8.95. The average molecular weight is 244 g/mol. The van der Waals surface area contributed by atoms with Crippen molar-refractivity contribution in [3.05, 3.63) is 70.8 Å². The lowest BCUT2D eigenvalue weighted by Crippen LogP contribution is -1.76. The van der Waals surface area contributed by atoms with Crippen LogP contribution in [0.3, 0.4) is 0 Å². The predicted molar refractivity (Wildman–Crippen MR) is 80.7 cm³/mol. The summed E-state index contributed by atoms with van der Waals surface area (Å²) >= 11 is 0. The SMILES string of the molecule is Cc1ccc(C#CCC#Cc2ccc(C)cc2)cc1. The Morgan fingerprint density at radius 2 is 1.00 bits per heavy atom. The van der Waals surface area contributed by atoms with Gasteiger partial charge < -0.3 is 0 Å². The molecule has 0 saturated heterocycles. The lowest BCUT2D eigenvalue weighted by atomic mass is 10.1. The van der Waals surface area contributed by atoms with Gasteiger partial charge in [-0.1, -0.05) is 59.1 Å². The van der Waals surface area contributed by atoms with Crippen LogP contribution in [0.5, 0.6) is 0 Å². The van der Waals surface area contributed by atoms with Crippen LogP contribution in [0.1, 0.15) is 28.7 Å². The van der Waals surface area contributed by atoms with E-state index in [1.807, 2.05) is 24.3 Å². The molecule has 0 spiro atoms. The standard InChI is InChI=1S/C19H16/c1-16-8-12-18(13-9-16)6-4-3-5-7-19-14-10-17(2)11-15-19/h8-15H,3H2,1-2H3. The second kappa shape index (κ2) is 6.48. The summed E-state index contributed by atoms with van der Waals surface area (Å²) in [6, 6.07) is 16.4. The summed E-state index contributed by atoms with van der Waals surface area (Å²) in [4.78, 5) is 0. The van der Waals surface area contributed by atoms with Crippen LogP contribution in [0.15, 0.2) is 48.5 Å². The Morgan fingerprint density at radius 1 is 0.632 bits per heavy atom. The van der Waals surface area contributed by atoms with E-state index in [0.29, 0.717) is 6.42 Å². The van der Waals surface area contributed by atoms with Crippen molar-refractivity contribution in [2.75, 3.05) is 0 Å². The van der Waals surface area contributed by atoms with Gasteiger partial charge in [-0.15, -0.1) is 0 Å². The Morgan fingerprint density at radius 3 is 1.37 bits per heavy atom. The minimum atomic E-state index is 0.599. The highest BCUT2D eigenvalue weighted by Gasteiger charge is 1.86. The fourth-order valence-corrected chi connectivity index (χ4v) is 1.61. The summed E-state index contributed by atoms with van der Waals surface area (Å²) in [5.41, 5.74) is 4.60. The molecule has 0 atom stereocenters. The Kier molecular flexibility index (Phi) is 4.44. The molecule has 0 radical (unpaired) electrons. The van der Waals surface area contributed by atoms with Crippen LogP contribution in [0.25, 0.3) is 0 Å². The van der Waals surface area contributed by atoms with E-state index < -0.39 is 0 Å². The van der Waals surface area contributed by atoms with E-state index in [4.69, 9.17) is 0 Å². The first-order valence-electron chi connectivity index (χ1n) is 6.35.